The van der Waals surface area contributed by atoms with Gasteiger partial charge in [0.1, 0.15) is 18.1 Å². The molecule has 0 bridgehead atoms. The van der Waals surface area contributed by atoms with E-state index in [1.165, 1.54) is 0 Å². The van der Waals surface area contributed by atoms with Crippen LogP contribution in [0.25, 0.3) is 22.4 Å². The first-order chi connectivity index (χ1) is 17.6. The Morgan fingerprint density at radius 1 is 1.11 bits per heavy atom. The number of carboxylic acid groups (broad SMARTS) is 1. The molecular weight excluding hydrogens is 454 g/mol. The standard InChI is InChI=1S/C29H33N3O4/c1-35-26-15-23(6-5-13-30)14-25(16-26)27-18-32(31-29(27)24-7-3-2-4-8-24)17-21-9-11-22(12-10-21)19-36-20-28(33)34/h2-4,7-8,14-16,18,21-22H,5-6,9-12,17,19-20H2,1H3,(H,33,34). The molecule has 1 fully saturated rings. The summed E-state index contributed by atoms with van der Waals surface area (Å²) in [7, 11) is 1.66. The summed E-state index contributed by atoms with van der Waals surface area (Å²) in [6, 6.07) is 18.6. The van der Waals surface area contributed by atoms with Crippen molar-refractivity contribution in [1.82, 2.24) is 9.78 Å². The van der Waals surface area contributed by atoms with Gasteiger partial charge in [-0.15, -0.1) is 0 Å². The van der Waals surface area contributed by atoms with E-state index in [1.807, 2.05) is 30.3 Å². The molecule has 7 heteroatoms. The maximum absolute atomic E-state index is 10.7. The van der Waals surface area contributed by atoms with Crippen LogP contribution in [-0.4, -0.2) is 41.2 Å². The van der Waals surface area contributed by atoms with Gasteiger partial charge in [-0.3, -0.25) is 4.68 Å². The van der Waals surface area contributed by atoms with Crippen LogP contribution in [-0.2, 0) is 22.5 Å². The van der Waals surface area contributed by atoms with E-state index in [0.717, 1.165) is 65.9 Å². The molecule has 1 saturated carbocycles. The molecule has 1 aromatic heterocycles. The molecule has 0 spiro atoms. The predicted octanol–water partition coefficient (Wildman–Crippen LogP) is 5.59. The maximum atomic E-state index is 10.7. The molecule has 1 heterocycles. The second-order valence-electron chi connectivity index (χ2n) is 9.50. The number of aliphatic carboxylic acids is 1. The first-order valence-corrected chi connectivity index (χ1v) is 12.5. The van der Waals surface area contributed by atoms with Crippen LogP contribution in [0.1, 0.15) is 37.7 Å². The second kappa shape index (κ2) is 12.4. The molecule has 4 rings (SSSR count). The Hall–Kier alpha value is -3.63. The van der Waals surface area contributed by atoms with Gasteiger partial charge >= 0.3 is 5.97 Å². The molecule has 2 aromatic carbocycles. The zero-order valence-electron chi connectivity index (χ0n) is 20.7. The van der Waals surface area contributed by atoms with E-state index in [1.54, 1.807) is 7.11 Å². The van der Waals surface area contributed by atoms with Crippen molar-refractivity contribution in [3.05, 3.63) is 60.3 Å². The predicted molar refractivity (Wildman–Crippen MR) is 137 cm³/mol. The third kappa shape index (κ3) is 6.73. The Morgan fingerprint density at radius 2 is 1.86 bits per heavy atom. The summed E-state index contributed by atoms with van der Waals surface area (Å²) in [5.41, 5.74) is 5.15. The normalized spacial score (nSPS) is 17.4. The highest BCUT2D eigenvalue weighted by atomic mass is 16.5. The molecular formula is C29H33N3O4. The number of aryl methyl sites for hydroxylation is 1. The summed E-state index contributed by atoms with van der Waals surface area (Å²) in [6.45, 7) is 1.14. The van der Waals surface area contributed by atoms with Crippen molar-refractivity contribution in [2.75, 3.05) is 20.3 Å². The Balaban J connectivity index is 1.54. The first-order valence-electron chi connectivity index (χ1n) is 12.5. The third-order valence-electron chi connectivity index (χ3n) is 6.84. The van der Waals surface area contributed by atoms with Gasteiger partial charge in [0.05, 0.1) is 19.8 Å². The molecule has 0 unspecified atom stereocenters. The lowest BCUT2D eigenvalue weighted by Crippen LogP contribution is -2.23. The smallest absolute Gasteiger partial charge is 0.329 e. The van der Waals surface area contributed by atoms with Gasteiger partial charge in [0.25, 0.3) is 0 Å². The van der Waals surface area contributed by atoms with E-state index in [4.69, 9.17) is 24.9 Å². The Bertz CT molecular complexity index is 1190. The van der Waals surface area contributed by atoms with Crippen LogP contribution in [0.4, 0.5) is 0 Å². The lowest BCUT2D eigenvalue weighted by Gasteiger charge is -2.28. The van der Waals surface area contributed by atoms with Crippen LogP contribution in [0.15, 0.2) is 54.7 Å². The Kier molecular flexibility index (Phi) is 8.75. The van der Waals surface area contributed by atoms with Crippen molar-refractivity contribution in [3.8, 4) is 34.2 Å². The second-order valence-corrected chi connectivity index (χ2v) is 9.50. The molecule has 0 aliphatic heterocycles. The Morgan fingerprint density at radius 3 is 2.56 bits per heavy atom. The molecule has 36 heavy (non-hydrogen) atoms. The number of hydrogen-bond donors (Lipinski definition) is 1. The minimum absolute atomic E-state index is 0.221. The monoisotopic (exact) mass is 487 g/mol. The zero-order chi connectivity index (χ0) is 25.3. The zero-order valence-corrected chi connectivity index (χ0v) is 20.7. The number of ether oxygens (including phenoxy) is 2. The van der Waals surface area contributed by atoms with Gasteiger partial charge in [-0.25, -0.2) is 4.79 Å². The molecule has 1 aliphatic rings. The molecule has 3 aromatic rings. The fourth-order valence-corrected chi connectivity index (χ4v) is 4.97. The average molecular weight is 488 g/mol. The quantitative estimate of drug-likeness (QED) is 0.379. The number of aromatic nitrogens is 2. The number of hydrogen-bond acceptors (Lipinski definition) is 5. The molecule has 0 saturated heterocycles. The minimum atomic E-state index is -0.916. The van der Waals surface area contributed by atoms with Crippen molar-refractivity contribution in [1.29, 1.82) is 5.26 Å². The summed E-state index contributed by atoms with van der Waals surface area (Å²) < 4.78 is 12.9. The van der Waals surface area contributed by atoms with E-state index in [0.29, 0.717) is 31.3 Å². The lowest BCUT2D eigenvalue weighted by atomic mass is 9.82. The fraction of sp³-hybridized carbons (Fsp3) is 0.414. The van der Waals surface area contributed by atoms with Gasteiger partial charge in [-0.2, -0.15) is 10.4 Å². The highest BCUT2D eigenvalue weighted by Gasteiger charge is 2.23. The summed E-state index contributed by atoms with van der Waals surface area (Å²) in [6.07, 6.45) is 7.51. The van der Waals surface area contributed by atoms with Gasteiger partial charge in [0.15, 0.2) is 0 Å². The topological polar surface area (TPSA) is 97.4 Å². The summed E-state index contributed by atoms with van der Waals surface area (Å²) in [4.78, 5) is 10.7. The summed E-state index contributed by atoms with van der Waals surface area (Å²) in [5.74, 6) is 0.808. The number of rotatable bonds is 11. The van der Waals surface area contributed by atoms with Crippen LogP contribution >= 0.6 is 0 Å². The van der Waals surface area contributed by atoms with Crippen molar-refractivity contribution in [2.45, 2.75) is 45.1 Å². The van der Waals surface area contributed by atoms with E-state index < -0.39 is 5.97 Å². The highest BCUT2D eigenvalue weighted by Crippen LogP contribution is 2.35. The fourth-order valence-electron chi connectivity index (χ4n) is 4.97. The van der Waals surface area contributed by atoms with Gasteiger partial charge in [0, 0.05) is 30.3 Å². The van der Waals surface area contributed by atoms with Crippen molar-refractivity contribution >= 4 is 5.97 Å². The van der Waals surface area contributed by atoms with Crippen molar-refractivity contribution in [2.24, 2.45) is 11.8 Å². The first kappa shape index (κ1) is 25.5. The third-order valence-corrected chi connectivity index (χ3v) is 6.84. The van der Waals surface area contributed by atoms with Gasteiger partial charge in [0.2, 0.25) is 0 Å². The molecule has 0 amide bonds. The molecule has 7 nitrogen and oxygen atoms in total. The number of benzene rings is 2. The number of carbonyl (C=O) groups is 1. The van der Waals surface area contributed by atoms with E-state index in [9.17, 15) is 4.79 Å². The molecule has 188 valence electrons. The van der Waals surface area contributed by atoms with Gasteiger partial charge < -0.3 is 14.6 Å². The van der Waals surface area contributed by atoms with Crippen LogP contribution in [0.2, 0.25) is 0 Å². The van der Waals surface area contributed by atoms with Crippen molar-refractivity contribution in [3.63, 3.8) is 0 Å². The molecule has 1 aliphatic carbocycles. The van der Waals surface area contributed by atoms with Crippen molar-refractivity contribution < 1.29 is 19.4 Å². The summed E-state index contributed by atoms with van der Waals surface area (Å²) >= 11 is 0. The number of nitriles is 1. The number of nitrogens with zero attached hydrogens (tertiary/aromatic N) is 3. The highest BCUT2D eigenvalue weighted by molar-refractivity contribution is 5.81. The number of carboxylic acids is 1. The van der Waals surface area contributed by atoms with Crippen LogP contribution in [0.3, 0.4) is 0 Å². The average Bonchev–Trinajstić information content (AvgIpc) is 3.32. The van der Waals surface area contributed by atoms with Gasteiger partial charge in [-0.05, 0) is 67.2 Å². The maximum Gasteiger partial charge on any atom is 0.329 e. The van der Waals surface area contributed by atoms with E-state index in [-0.39, 0.29) is 6.61 Å². The molecule has 1 N–H and O–H groups in total. The molecule has 0 atom stereocenters. The molecule has 0 radical (unpaired) electrons. The number of methoxy groups -OCH3 is 1. The van der Waals surface area contributed by atoms with E-state index in [2.05, 4.69) is 35.1 Å². The van der Waals surface area contributed by atoms with Crippen LogP contribution < -0.4 is 4.74 Å². The summed E-state index contributed by atoms with van der Waals surface area (Å²) in [5, 5.41) is 22.8. The lowest BCUT2D eigenvalue weighted by molar-refractivity contribution is -0.142. The Labute approximate surface area is 212 Å². The minimum Gasteiger partial charge on any atom is -0.497 e. The van der Waals surface area contributed by atoms with Crippen LogP contribution in [0.5, 0.6) is 5.75 Å². The largest absolute Gasteiger partial charge is 0.497 e. The van der Waals surface area contributed by atoms with E-state index >= 15 is 0 Å². The van der Waals surface area contributed by atoms with Crippen LogP contribution in [0, 0.1) is 23.2 Å². The van der Waals surface area contributed by atoms with Gasteiger partial charge in [-0.1, -0.05) is 36.4 Å². The SMILES string of the molecule is COc1cc(CCC#N)cc(-c2cn(CC3CCC(COCC(=O)O)CC3)nc2-c2ccccc2)c1.